The summed E-state index contributed by atoms with van der Waals surface area (Å²) in [6.45, 7) is 7.13. The lowest BCUT2D eigenvalue weighted by Gasteiger charge is -2.03. The predicted octanol–water partition coefficient (Wildman–Crippen LogP) is 3.70. The molecule has 0 radical (unpaired) electrons. The summed E-state index contributed by atoms with van der Waals surface area (Å²) in [4.78, 5) is 0. The Morgan fingerprint density at radius 3 is 2.53 bits per heavy atom. The van der Waals surface area contributed by atoms with E-state index in [1.807, 2.05) is 26.0 Å². The SMILES string of the molecule is CC.CCn1ccc2c(OC)cccc21. The Balaban J connectivity index is 0.000000531. The van der Waals surface area contributed by atoms with Crippen LogP contribution in [0.2, 0.25) is 0 Å². The molecule has 0 fully saturated rings. The first-order chi connectivity index (χ1) is 7.36. The fourth-order valence-electron chi connectivity index (χ4n) is 1.65. The molecule has 2 nitrogen and oxygen atoms in total. The number of rotatable bonds is 2. The zero-order valence-corrected chi connectivity index (χ0v) is 9.95. The summed E-state index contributed by atoms with van der Waals surface area (Å²) >= 11 is 0. The Morgan fingerprint density at radius 1 is 1.20 bits per heavy atom. The number of aryl methyl sites for hydroxylation is 1. The van der Waals surface area contributed by atoms with Gasteiger partial charge in [-0.1, -0.05) is 19.9 Å². The van der Waals surface area contributed by atoms with Crippen molar-refractivity contribution in [3.05, 3.63) is 30.5 Å². The van der Waals surface area contributed by atoms with E-state index in [0.717, 1.165) is 12.3 Å². The number of nitrogens with zero attached hydrogens (tertiary/aromatic N) is 1. The summed E-state index contributed by atoms with van der Waals surface area (Å²) in [5.41, 5.74) is 1.24. The van der Waals surface area contributed by atoms with Gasteiger partial charge in [0, 0.05) is 18.1 Å². The Hall–Kier alpha value is -1.44. The molecule has 0 aliphatic carbocycles. The molecule has 1 aromatic heterocycles. The highest BCUT2D eigenvalue weighted by Gasteiger charge is 2.03. The molecule has 2 rings (SSSR count). The minimum Gasteiger partial charge on any atom is -0.496 e. The summed E-state index contributed by atoms with van der Waals surface area (Å²) in [5.74, 6) is 0.949. The minimum absolute atomic E-state index is 0.949. The fourth-order valence-corrected chi connectivity index (χ4v) is 1.65. The van der Waals surface area contributed by atoms with Crippen LogP contribution in [0.5, 0.6) is 5.75 Å². The van der Waals surface area contributed by atoms with E-state index in [4.69, 9.17) is 4.74 Å². The molecule has 0 saturated heterocycles. The largest absolute Gasteiger partial charge is 0.496 e. The van der Waals surface area contributed by atoms with Crippen LogP contribution < -0.4 is 4.74 Å². The average molecular weight is 205 g/mol. The maximum atomic E-state index is 5.27. The van der Waals surface area contributed by atoms with Gasteiger partial charge in [0.1, 0.15) is 5.75 Å². The van der Waals surface area contributed by atoms with Crippen molar-refractivity contribution in [2.24, 2.45) is 0 Å². The lowest BCUT2D eigenvalue weighted by Crippen LogP contribution is -1.90. The molecule has 0 N–H and O–H groups in total. The quantitative estimate of drug-likeness (QED) is 0.729. The van der Waals surface area contributed by atoms with Crippen molar-refractivity contribution in [3.63, 3.8) is 0 Å². The molecule has 0 aliphatic heterocycles. The lowest BCUT2D eigenvalue weighted by molar-refractivity contribution is 0.420. The molecule has 0 amide bonds. The van der Waals surface area contributed by atoms with E-state index in [-0.39, 0.29) is 0 Å². The van der Waals surface area contributed by atoms with E-state index in [1.165, 1.54) is 10.9 Å². The van der Waals surface area contributed by atoms with Crippen molar-refractivity contribution in [2.45, 2.75) is 27.3 Å². The van der Waals surface area contributed by atoms with Crippen LogP contribution in [0.25, 0.3) is 10.9 Å². The highest BCUT2D eigenvalue weighted by Crippen LogP contribution is 2.25. The van der Waals surface area contributed by atoms with Crippen LogP contribution >= 0.6 is 0 Å². The van der Waals surface area contributed by atoms with Gasteiger partial charge in [0.25, 0.3) is 0 Å². The van der Waals surface area contributed by atoms with E-state index in [0.29, 0.717) is 0 Å². The number of benzene rings is 1. The monoisotopic (exact) mass is 205 g/mol. The van der Waals surface area contributed by atoms with Gasteiger partial charge in [-0.2, -0.15) is 0 Å². The number of hydrogen-bond donors (Lipinski definition) is 0. The van der Waals surface area contributed by atoms with Gasteiger partial charge in [0.05, 0.1) is 12.6 Å². The predicted molar refractivity (Wildman–Crippen MR) is 65.5 cm³/mol. The van der Waals surface area contributed by atoms with Crippen LogP contribution in [-0.4, -0.2) is 11.7 Å². The molecular weight excluding hydrogens is 186 g/mol. The summed E-state index contributed by atoms with van der Waals surface area (Å²) in [5, 5.41) is 1.19. The second kappa shape index (κ2) is 5.44. The summed E-state index contributed by atoms with van der Waals surface area (Å²) in [6, 6.07) is 8.22. The molecule has 82 valence electrons. The molecule has 15 heavy (non-hydrogen) atoms. The molecular formula is C13H19NO. The number of hydrogen-bond acceptors (Lipinski definition) is 1. The van der Waals surface area contributed by atoms with Crippen molar-refractivity contribution in [3.8, 4) is 5.75 Å². The van der Waals surface area contributed by atoms with Gasteiger partial charge in [0.15, 0.2) is 0 Å². The number of ether oxygens (including phenoxy) is 1. The number of aromatic nitrogens is 1. The van der Waals surface area contributed by atoms with Crippen molar-refractivity contribution in [1.82, 2.24) is 4.57 Å². The molecule has 0 unspecified atom stereocenters. The summed E-state index contributed by atoms with van der Waals surface area (Å²) < 4.78 is 7.48. The van der Waals surface area contributed by atoms with Gasteiger partial charge < -0.3 is 9.30 Å². The third-order valence-electron chi connectivity index (χ3n) is 2.33. The molecule has 0 bridgehead atoms. The molecule has 1 heterocycles. The van der Waals surface area contributed by atoms with Crippen LogP contribution in [0.15, 0.2) is 30.5 Å². The smallest absolute Gasteiger partial charge is 0.128 e. The lowest BCUT2D eigenvalue weighted by atomic mass is 10.2. The first-order valence-electron chi connectivity index (χ1n) is 5.48. The highest BCUT2D eigenvalue weighted by atomic mass is 16.5. The van der Waals surface area contributed by atoms with Gasteiger partial charge in [-0.25, -0.2) is 0 Å². The van der Waals surface area contributed by atoms with Gasteiger partial charge in [-0.15, -0.1) is 0 Å². The average Bonchev–Trinajstić information content (AvgIpc) is 2.74. The zero-order valence-electron chi connectivity index (χ0n) is 9.95. The van der Waals surface area contributed by atoms with Crippen LogP contribution in [0, 0.1) is 0 Å². The molecule has 2 heteroatoms. The maximum absolute atomic E-state index is 5.27. The van der Waals surface area contributed by atoms with Crippen molar-refractivity contribution >= 4 is 10.9 Å². The van der Waals surface area contributed by atoms with Gasteiger partial charge in [0.2, 0.25) is 0 Å². The van der Waals surface area contributed by atoms with Crippen molar-refractivity contribution in [1.29, 1.82) is 0 Å². The van der Waals surface area contributed by atoms with Crippen LogP contribution in [0.3, 0.4) is 0 Å². The van der Waals surface area contributed by atoms with Crippen LogP contribution in [0.4, 0.5) is 0 Å². The van der Waals surface area contributed by atoms with Gasteiger partial charge in [-0.05, 0) is 25.1 Å². The second-order valence-electron chi connectivity index (χ2n) is 2.99. The maximum Gasteiger partial charge on any atom is 0.128 e. The standard InChI is InChI=1S/C11H13NO.C2H6/c1-3-12-8-7-9-10(12)5-4-6-11(9)13-2;1-2/h4-8H,3H2,1-2H3;1-2H3. The Bertz CT molecular complexity index is 417. The molecule has 0 spiro atoms. The third kappa shape index (κ3) is 2.14. The molecule has 1 aromatic carbocycles. The topological polar surface area (TPSA) is 14.2 Å². The molecule has 0 aliphatic rings. The first-order valence-corrected chi connectivity index (χ1v) is 5.48. The Labute approximate surface area is 91.5 Å². The summed E-state index contributed by atoms with van der Waals surface area (Å²) in [7, 11) is 1.71. The Kier molecular flexibility index (Phi) is 4.22. The van der Waals surface area contributed by atoms with E-state index >= 15 is 0 Å². The highest BCUT2D eigenvalue weighted by molar-refractivity contribution is 5.86. The first kappa shape index (κ1) is 11.6. The van der Waals surface area contributed by atoms with Crippen molar-refractivity contribution in [2.75, 3.05) is 7.11 Å². The summed E-state index contributed by atoms with van der Waals surface area (Å²) in [6.07, 6.45) is 2.09. The number of fused-ring (bicyclic) bond motifs is 1. The fraction of sp³-hybridized carbons (Fsp3) is 0.385. The van der Waals surface area contributed by atoms with E-state index in [9.17, 15) is 0 Å². The molecule has 0 atom stereocenters. The van der Waals surface area contributed by atoms with E-state index in [1.54, 1.807) is 7.11 Å². The number of methoxy groups -OCH3 is 1. The third-order valence-corrected chi connectivity index (χ3v) is 2.33. The zero-order chi connectivity index (χ0) is 11.3. The van der Waals surface area contributed by atoms with Gasteiger partial charge >= 0.3 is 0 Å². The van der Waals surface area contributed by atoms with E-state index < -0.39 is 0 Å². The van der Waals surface area contributed by atoms with Crippen LogP contribution in [0.1, 0.15) is 20.8 Å². The second-order valence-corrected chi connectivity index (χ2v) is 2.99. The Morgan fingerprint density at radius 2 is 1.93 bits per heavy atom. The molecule has 2 aromatic rings. The normalized spacial score (nSPS) is 9.60. The van der Waals surface area contributed by atoms with Crippen molar-refractivity contribution < 1.29 is 4.74 Å². The minimum atomic E-state index is 0.949. The van der Waals surface area contributed by atoms with Crippen LogP contribution in [-0.2, 0) is 6.54 Å². The molecule has 0 saturated carbocycles. The van der Waals surface area contributed by atoms with Gasteiger partial charge in [-0.3, -0.25) is 0 Å². The van der Waals surface area contributed by atoms with E-state index in [2.05, 4.69) is 29.8 Å².